The molecule has 3 aromatic carbocycles. The fourth-order valence-electron chi connectivity index (χ4n) is 4.48. The van der Waals surface area contributed by atoms with E-state index in [-0.39, 0.29) is 17.4 Å². The number of ether oxygens (including phenoxy) is 1. The van der Waals surface area contributed by atoms with E-state index in [1.165, 1.54) is 4.90 Å². The van der Waals surface area contributed by atoms with Crippen LogP contribution >= 0.6 is 0 Å². The zero-order valence-electron chi connectivity index (χ0n) is 19.4. The number of amides is 1. The summed E-state index contributed by atoms with van der Waals surface area (Å²) < 4.78 is 5.68. The quantitative estimate of drug-likeness (QED) is 0.235. The second-order valence-corrected chi connectivity index (χ2v) is 8.64. The highest BCUT2D eigenvalue weighted by molar-refractivity contribution is 6.52. The van der Waals surface area contributed by atoms with E-state index in [0.717, 1.165) is 10.8 Å². The number of pyridine rings is 1. The summed E-state index contributed by atoms with van der Waals surface area (Å²) in [5, 5.41) is 13.1. The van der Waals surface area contributed by atoms with Crippen molar-refractivity contribution in [3.63, 3.8) is 0 Å². The van der Waals surface area contributed by atoms with Crippen molar-refractivity contribution in [1.29, 1.82) is 0 Å². The van der Waals surface area contributed by atoms with Crippen molar-refractivity contribution in [2.24, 2.45) is 0 Å². The number of carbonyl (C=O) groups is 2. The first-order chi connectivity index (χ1) is 17.0. The summed E-state index contributed by atoms with van der Waals surface area (Å²) in [7, 11) is 0. The monoisotopic (exact) mass is 464 g/mol. The van der Waals surface area contributed by atoms with E-state index >= 15 is 0 Å². The first kappa shape index (κ1) is 22.3. The molecule has 35 heavy (non-hydrogen) atoms. The largest absolute Gasteiger partial charge is 0.507 e. The van der Waals surface area contributed by atoms with Crippen LogP contribution in [0.3, 0.4) is 0 Å². The maximum atomic E-state index is 13.5. The van der Waals surface area contributed by atoms with Gasteiger partial charge in [-0.3, -0.25) is 19.5 Å². The topological polar surface area (TPSA) is 79.7 Å². The van der Waals surface area contributed by atoms with Crippen molar-refractivity contribution in [3.05, 3.63) is 108 Å². The molecule has 0 saturated carbocycles. The Morgan fingerprint density at radius 3 is 2.31 bits per heavy atom. The number of anilines is 1. The molecule has 1 unspecified atom stereocenters. The molecular weight excluding hydrogens is 440 g/mol. The lowest BCUT2D eigenvalue weighted by molar-refractivity contribution is -0.132. The molecule has 0 spiro atoms. The van der Waals surface area contributed by atoms with E-state index in [0.29, 0.717) is 22.6 Å². The second-order valence-electron chi connectivity index (χ2n) is 8.64. The minimum Gasteiger partial charge on any atom is -0.507 e. The van der Waals surface area contributed by atoms with Gasteiger partial charge in [0.05, 0.1) is 23.4 Å². The van der Waals surface area contributed by atoms with Gasteiger partial charge >= 0.3 is 0 Å². The van der Waals surface area contributed by atoms with Crippen LogP contribution in [0.25, 0.3) is 16.5 Å². The molecule has 0 radical (unpaired) electrons. The lowest BCUT2D eigenvalue weighted by atomic mass is 9.95. The fraction of sp³-hybridized carbons (Fsp3) is 0.138. The Hall–Kier alpha value is -4.45. The zero-order valence-corrected chi connectivity index (χ0v) is 19.4. The normalized spacial score (nSPS) is 17.3. The van der Waals surface area contributed by atoms with Crippen molar-refractivity contribution in [2.45, 2.75) is 26.0 Å². The van der Waals surface area contributed by atoms with E-state index in [9.17, 15) is 14.7 Å². The summed E-state index contributed by atoms with van der Waals surface area (Å²) in [4.78, 5) is 32.4. The Labute approximate surface area is 203 Å². The third-order valence-electron chi connectivity index (χ3n) is 5.99. The van der Waals surface area contributed by atoms with Gasteiger partial charge in [-0.05, 0) is 67.3 Å². The molecule has 5 rings (SSSR count). The third kappa shape index (κ3) is 4.04. The van der Waals surface area contributed by atoms with Gasteiger partial charge in [0.1, 0.15) is 11.5 Å². The number of fused-ring (bicyclic) bond motifs is 1. The number of ketones is 1. The molecule has 174 valence electrons. The van der Waals surface area contributed by atoms with Crippen LogP contribution < -0.4 is 9.64 Å². The number of nitrogens with zero attached hydrogens (tertiary/aromatic N) is 2. The van der Waals surface area contributed by atoms with Crippen molar-refractivity contribution in [3.8, 4) is 5.75 Å². The van der Waals surface area contributed by atoms with Crippen LogP contribution in [-0.4, -0.2) is 27.9 Å². The van der Waals surface area contributed by atoms with Gasteiger partial charge in [0.15, 0.2) is 0 Å². The number of hydrogen-bond acceptors (Lipinski definition) is 5. The molecule has 1 amide bonds. The van der Waals surface area contributed by atoms with Gasteiger partial charge in [-0.15, -0.1) is 0 Å². The number of benzene rings is 3. The molecule has 6 heteroatoms. The number of carbonyl (C=O) groups excluding carboxylic acids is 2. The van der Waals surface area contributed by atoms with Crippen LogP contribution in [0.4, 0.5) is 5.69 Å². The van der Waals surface area contributed by atoms with Gasteiger partial charge in [0.25, 0.3) is 11.7 Å². The number of aliphatic hydroxyl groups is 1. The molecular formula is C29H24N2O4. The van der Waals surface area contributed by atoms with Crippen molar-refractivity contribution >= 4 is 33.9 Å². The number of hydrogen-bond donors (Lipinski definition) is 1. The zero-order chi connectivity index (χ0) is 24.5. The molecule has 1 aromatic heterocycles. The fourth-order valence-corrected chi connectivity index (χ4v) is 4.48. The average molecular weight is 465 g/mol. The number of aromatic nitrogens is 1. The van der Waals surface area contributed by atoms with Crippen molar-refractivity contribution < 1.29 is 19.4 Å². The molecule has 1 fully saturated rings. The molecule has 0 bridgehead atoms. The van der Waals surface area contributed by atoms with E-state index in [2.05, 4.69) is 4.98 Å². The van der Waals surface area contributed by atoms with Crippen LogP contribution in [0.5, 0.6) is 5.75 Å². The Morgan fingerprint density at radius 2 is 1.60 bits per heavy atom. The Balaban J connectivity index is 1.69. The highest BCUT2D eigenvalue weighted by Gasteiger charge is 2.47. The molecule has 2 heterocycles. The molecule has 1 aliphatic rings. The first-order valence-electron chi connectivity index (χ1n) is 11.4. The van der Waals surface area contributed by atoms with E-state index in [1.807, 2.05) is 56.3 Å². The summed E-state index contributed by atoms with van der Waals surface area (Å²) in [5.74, 6) is -1.01. The van der Waals surface area contributed by atoms with E-state index < -0.39 is 17.7 Å². The summed E-state index contributed by atoms with van der Waals surface area (Å²) in [6.07, 6.45) is 3.22. The minimum atomic E-state index is -0.810. The van der Waals surface area contributed by atoms with E-state index in [4.69, 9.17) is 4.74 Å². The number of aliphatic hydroxyl groups excluding tert-OH is 1. The van der Waals surface area contributed by atoms with Gasteiger partial charge in [-0.25, -0.2) is 0 Å². The predicted octanol–water partition coefficient (Wildman–Crippen LogP) is 5.65. The SMILES string of the molecule is CC(C)Oc1ccc(/C(O)=C2\C(=O)C(=O)N(c3cccc4ccccc34)C2c2ccncc2)cc1. The van der Waals surface area contributed by atoms with Gasteiger partial charge in [-0.2, -0.15) is 0 Å². The van der Waals surface area contributed by atoms with Gasteiger partial charge in [-0.1, -0.05) is 36.4 Å². The summed E-state index contributed by atoms with van der Waals surface area (Å²) in [5.41, 5.74) is 1.74. The molecule has 1 aliphatic heterocycles. The lowest BCUT2D eigenvalue weighted by Gasteiger charge is -2.26. The highest BCUT2D eigenvalue weighted by atomic mass is 16.5. The van der Waals surface area contributed by atoms with Crippen LogP contribution in [0.1, 0.15) is 31.0 Å². The summed E-state index contributed by atoms with van der Waals surface area (Å²) >= 11 is 0. The lowest BCUT2D eigenvalue weighted by Crippen LogP contribution is -2.29. The standard InChI is InChI=1S/C29H24N2O4/c1-18(2)35-22-12-10-21(11-13-22)27(32)25-26(20-14-16-30-17-15-20)31(29(34)28(25)33)24-9-5-7-19-6-3-4-8-23(19)24/h3-18,26,32H,1-2H3/b27-25+. The van der Waals surface area contributed by atoms with Crippen LogP contribution in [0, 0.1) is 0 Å². The molecule has 1 saturated heterocycles. The van der Waals surface area contributed by atoms with Crippen molar-refractivity contribution in [1.82, 2.24) is 4.98 Å². The average Bonchev–Trinajstić information content (AvgIpc) is 3.14. The predicted molar refractivity (Wildman–Crippen MR) is 135 cm³/mol. The Morgan fingerprint density at radius 1 is 0.914 bits per heavy atom. The van der Waals surface area contributed by atoms with Gasteiger partial charge < -0.3 is 9.84 Å². The third-order valence-corrected chi connectivity index (χ3v) is 5.99. The molecule has 1 N–H and O–H groups in total. The first-order valence-corrected chi connectivity index (χ1v) is 11.4. The Kier molecular flexibility index (Phi) is 5.79. The molecule has 4 aromatic rings. The number of rotatable bonds is 5. The van der Waals surface area contributed by atoms with Crippen LogP contribution in [-0.2, 0) is 9.59 Å². The number of Topliss-reactive ketones (excluding diaryl/α,β-unsaturated/α-hetero) is 1. The Bertz CT molecular complexity index is 1440. The summed E-state index contributed by atoms with van der Waals surface area (Å²) in [6, 6.07) is 22.8. The minimum absolute atomic E-state index is 0.00663. The van der Waals surface area contributed by atoms with Crippen LogP contribution in [0.15, 0.2) is 96.8 Å². The maximum Gasteiger partial charge on any atom is 0.300 e. The molecule has 1 atom stereocenters. The smallest absolute Gasteiger partial charge is 0.300 e. The van der Waals surface area contributed by atoms with Gasteiger partial charge in [0, 0.05) is 23.3 Å². The van der Waals surface area contributed by atoms with Crippen molar-refractivity contribution in [2.75, 3.05) is 4.90 Å². The van der Waals surface area contributed by atoms with E-state index in [1.54, 1.807) is 48.8 Å². The maximum absolute atomic E-state index is 13.5. The molecule has 6 nitrogen and oxygen atoms in total. The van der Waals surface area contributed by atoms with Crippen LogP contribution in [0.2, 0.25) is 0 Å². The molecule has 0 aliphatic carbocycles. The summed E-state index contributed by atoms with van der Waals surface area (Å²) in [6.45, 7) is 3.86. The second kappa shape index (κ2) is 9.06. The van der Waals surface area contributed by atoms with Gasteiger partial charge in [0.2, 0.25) is 0 Å². The highest BCUT2D eigenvalue weighted by Crippen LogP contribution is 2.44.